The zero-order chi connectivity index (χ0) is 17.9. The molecule has 7 heteroatoms. The third-order valence-electron chi connectivity index (χ3n) is 5.35. The van der Waals surface area contributed by atoms with Gasteiger partial charge in [-0.2, -0.15) is 5.10 Å². The minimum absolute atomic E-state index is 0.000954. The zero-order valence-electron chi connectivity index (χ0n) is 14.9. The standard InChI is InChI=1S/C19H24FN5O/c20-17-4-1-3-15(11-17)12-23-7-2-8-24(10-9-23)19(26)16-5-6-18-21-14-22-25(18)13-16/h1,3-4,11,14,16H,2,5-10,12-13H2. The maximum Gasteiger partial charge on any atom is 0.227 e. The summed E-state index contributed by atoms with van der Waals surface area (Å²) in [5.41, 5.74) is 0.982. The summed E-state index contributed by atoms with van der Waals surface area (Å²) in [7, 11) is 0. The molecule has 138 valence electrons. The Morgan fingerprint density at radius 1 is 1.23 bits per heavy atom. The predicted octanol–water partition coefficient (Wildman–Crippen LogP) is 1.71. The number of carbonyl (C=O) groups is 1. The van der Waals surface area contributed by atoms with Crippen LogP contribution in [0.1, 0.15) is 24.2 Å². The first-order chi connectivity index (χ1) is 12.7. The van der Waals surface area contributed by atoms with Gasteiger partial charge in [0.25, 0.3) is 0 Å². The third kappa shape index (κ3) is 3.77. The van der Waals surface area contributed by atoms with Crippen LogP contribution in [0.15, 0.2) is 30.6 Å². The molecular weight excluding hydrogens is 333 g/mol. The molecule has 1 aromatic carbocycles. The van der Waals surface area contributed by atoms with Crippen molar-refractivity contribution in [2.24, 2.45) is 5.92 Å². The van der Waals surface area contributed by atoms with Gasteiger partial charge in [0.05, 0.1) is 12.5 Å². The van der Waals surface area contributed by atoms with E-state index in [0.29, 0.717) is 6.54 Å². The van der Waals surface area contributed by atoms with Crippen molar-refractivity contribution in [2.75, 3.05) is 26.2 Å². The van der Waals surface area contributed by atoms with Crippen LogP contribution in [0.5, 0.6) is 0 Å². The minimum Gasteiger partial charge on any atom is -0.341 e. The van der Waals surface area contributed by atoms with Gasteiger partial charge in [0.1, 0.15) is 18.0 Å². The number of aromatic nitrogens is 3. The second-order valence-corrected chi connectivity index (χ2v) is 7.18. The van der Waals surface area contributed by atoms with E-state index in [1.54, 1.807) is 18.5 Å². The van der Waals surface area contributed by atoms with Gasteiger partial charge >= 0.3 is 0 Å². The van der Waals surface area contributed by atoms with Gasteiger partial charge in [-0.25, -0.2) is 14.1 Å². The summed E-state index contributed by atoms with van der Waals surface area (Å²) < 4.78 is 15.2. The van der Waals surface area contributed by atoms with Crippen LogP contribution in [0.3, 0.4) is 0 Å². The van der Waals surface area contributed by atoms with Crippen molar-refractivity contribution in [3.63, 3.8) is 0 Å². The Balaban J connectivity index is 1.34. The first-order valence-electron chi connectivity index (χ1n) is 9.31. The number of carbonyl (C=O) groups excluding carboxylic acids is 1. The molecule has 0 radical (unpaired) electrons. The van der Waals surface area contributed by atoms with Crippen molar-refractivity contribution in [1.82, 2.24) is 24.6 Å². The second-order valence-electron chi connectivity index (χ2n) is 7.18. The van der Waals surface area contributed by atoms with Gasteiger partial charge in [0, 0.05) is 39.1 Å². The molecule has 0 spiro atoms. The summed E-state index contributed by atoms with van der Waals surface area (Å²) >= 11 is 0. The van der Waals surface area contributed by atoms with Crippen LogP contribution >= 0.6 is 0 Å². The van der Waals surface area contributed by atoms with Crippen LogP contribution in [-0.2, 0) is 24.3 Å². The number of benzene rings is 1. The third-order valence-corrected chi connectivity index (χ3v) is 5.35. The largest absolute Gasteiger partial charge is 0.341 e. The molecule has 1 unspecified atom stereocenters. The maximum absolute atomic E-state index is 13.4. The van der Waals surface area contributed by atoms with E-state index in [1.165, 1.54) is 6.07 Å². The van der Waals surface area contributed by atoms with E-state index < -0.39 is 0 Å². The summed E-state index contributed by atoms with van der Waals surface area (Å²) in [6.07, 6.45) is 4.18. The topological polar surface area (TPSA) is 54.3 Å². The minimum atomic E-state index is -0.195. The Morgan fingerprint density at radius 2 is 2.15 bits per heavy atom. The lowest BCUT2D eigenvalue weighted by atomic mass is 9.98. The van der Waals surface area contributed by atoms with Crippen LogP contribution < -0.4 is 0 Å². The quantitative estimate of drug-likeness (QED) is 0.839. The van der Waals surface area contributed by atoms with E-state index >= 15 is 0 Å². The van der Waals surface area contributed by atoms with Crippen molar-refractivity contribution >= 4 is 5.91 Å². The fraction of sp³-hybridized carbons (Fsp3) is 0.526. The molecule has 1 atom stereocenters. The Bertz CT molecular complexity index is 777. The molecule has 0 N–H and O–H groups in total. The Hall–Kier alpha value is -2.28. The molecule has 0 aliphatic carbocycles. The van der Waals surface area contributed by atoms with Crippen molar-refractivity contribution in [3.05, 3.63) is 47.8 Å². The van der Waals surface area contributed by atoms with Gasteiger partial charge in [-0.15, -0.1) is 0 Å². The fourth-order valence-electron chi connectivity index (χ4n) is 3.94. The average molecular weight is 357 g/mol. The normalized spacial score (nSPS) is 21.3. The number of aryl methyl sites for hydroxylation is 1. The second kappa shape index (κ2) is 7.53. The summed E-state index contributed by atoms with van der Waals surface area (Å²) in [5.74, 6) is 1.02. The van der Waals surface area contributed by atoms with Gasteiger partial charge in [-0.3, -0.25) is 9.69 Å². The first kappa shape index (κ1) is 17.1. The van der Waals surface area contributed by atoms with Crippen LogP contribution in [0.4, 0.5) is 4.39 Å². The lowest BCUT2D eigenvalue weighted by molar-refractivity contribution is -0.136. The number of hydrogen-bond acceptors (Lipinski definition) is 4. The number of fused-ring (bicyclic) bond motifs is 1. The highest BCUT2D eigenvalue weighted by Gasteiger charge is 2.30. The molecule has 1 fully saturated rings. The fourth-order valence-corrected chi connectivity index (χ4v) is 3.94. The number of hydrogen-bond donors (Lipinski definition) is 0. The highest BCUT2D eigenvalue weighted by atomic mass is 19.1. The molecule has 4 rings (SSSR count). The SMILES string of the molecule is O=C(C1CCc2ncnn2C1)N1CCCN(Cc2cccc(F)c2)CC1. The maximum atomic E-state index is 13.4. The molecule has 6 nitrogen and oxygen atoms in total. The average Bonchev–Trinajstić information content (AvgIpc) is 2.99. The van der Waals surface area contributed by atoms with E-state index in [2.05, 4.69) is 15.0 Å². The smallest absolute Gasteiger partial charge is 0.227 e. The van der Waals surface area contributed by atoms with Gasteiger partial charge < -0.3 is 4.90 Å². The van der Waals surface area contributed by atoms with E-state index in [1.807, 2.05) is 15.6 Å². The van der Waals surface area contributed by atoms with Gasteiger partial charge in [-0.1, -0.05) is 12.1 Å². The van der Waals surface area contributed by atoms with Gasteiger partial charge in [0.2, 0.25) is 5.91 Å². The summed E-state index contributed by atoms with van der Waals surface area (Å²) in [6, 6.07) is 6.76. The molecule has 1 aromatic heterocycles. The van der Waals surface area contributed by atoms with Crippen molar-refractivity contribution in [1.29, 1.82) is 0 Å². The highest BCUT2D eigenvalue weighted by Crippen LogP contribution is 2.21. The lowest BCUT2D eigenvalue weighted by Crippen LogP contribution is -2.41. The molecule has 2 aromatic rings. The molecule has 0 bridgehead atoms. The molecular formula is C19H24FN5O. The van der Waals surface area contributed by atoms with E-state index in [-0.39, 0.29) is 17.6 Å². The lowest BCUT2D eigenvalue weighted by Gasteiger charge is -2.28. The number of rotatable bonds is 3. The Kier molecular flexibility index (Phi) is 4.97. The summed E-state index contributed by atoms with van der Waals surface area (Å²) in [6.45, 7) is 4.64. The van der Waals surface area contributed by atoms with Crippen LogP contribution in [0.25, 0.3) is 0 Å². The van der Waals surface area contributed by atoms with Crippen molar-refractivity contribution in [2.45, 2.75) is 32.4 Å². The van der Waals surface area contributed by atoms with Gasteiger partial charge in [0.15, 0.2) is 0 Å². The molecule has 2 aliphatic rings. The molecule has 0 saturated carbocycles. The molecule has 26 heavy (non-hydrogen) atoms. The van der Waals surface area contributed by atoms with E-state index in [4.69, 9.17) is 0 Å². The number of halogens is 1. The van der Waals surface area contributed by atoms with Gasteiger partial charge in [-0.05, 0) is 30.5 Å². The summed E-state index contributed by atoms with van der Waals surface area (Å²) in [5, 5.41) is 4.22. The predicted molar refractivity (Wildman–Crippen MR) is 94.7 cm³/mol. The molecule has 3 heterocycles. The first-order valence-corrected chi connectivity index (χ1v) is 9.31. The monoisotopic (exact) mass is 357 g/mol. The molecule has 2 aliphatic heterocycles. The van der Waals surface area contributed by atoms with Crippen LogP contribution in [0, 0.1) is 11.7 Å². The van der Waals surface area contributed by atoms with Crippen molar-refractivity contribution < 1.29 is 9.18 Å². The summed E-state index contributed by atoms with van der Waals surface area (Å²) in [4.78, 5) is 21.5. The van der Waals surface area contributed by atoms with E-state index in [9.17, 15) is 9.18 Å². The molecule has 1 amide bonds. The van der Waals surface area contributed by atoms with Crippen molar-refractivity contribution in [3.8, 4) is 0 Å². The zero-order valence-corrected chi connectivity index (χ0v) is 14.9. The van der Waals surface area contributed by atoms with Crippen LogP contribution in [-0.4, -0.2) is 56.7 Å². The Labute approximate surface area is 152 Å². The molecule has 1 saturated heterocycles. The highest BCUT2D eigenvalue weighted by molar-refractivity contribution is 5.79. The Morgan fingerprint density at radius 3 is 3.04 bits per heavy atom. The van der Waals surface area contributed by atoms with Crippen LogP contribution in [0.2, 0.25) is 0 Å². The number of amides is 1. The van der Waals surface area contributed by atoms with E-state index in [0.717, 1.165) is 63.4 Å². The number of nitrogens with zero attached hydrogens (tertiary/aromatic N) is 5.